The highest BCUT2D eigenvalue weighted by Gasteiger charge is 2.21. The molecule has 0 saturated carbocycles. The van der Waals surface area contributed by atoms with Gasteiger partial charge in [0.05, 0.1) is 20.1 Å². The lowest BCUT2D eigenvalue weighted by molar-refractivity contribution is -0.141. The number of benzene rings is 1. The van der Waals surface area contributed by atoms with Crippen molar-refractivity contribution in [2.75, 3.05) is 13.7 Å². The van der Waals surface area contributed by atoms with E-state index in [0.717, 1.165) is 0 Å². The molecule has 1 rings (SSSR count). The molecule has 1 aromatic carbocycles. The lowest BCUT2D eigenvalue weighted by Crippen LogP contribution is -2.23. The van der Waals surface area contributed by atoms with Crippen molar-refractivity contribution in [3.63, 3.8) is 0 Å². The zero-order valence-corrected chi connectivity index (χ0v) is 11.8. The summed E-state index contributed by atoms with van der Waals surface area (Å²) < 4.78 is 20.9. The van der Waals surface area contributed by atoms with Crippen LogP contribution < -0.4 is 9.61 Å². The zero-order chi connectivity index (χ0) is 15.0. The van der Waals surface area contributed by atoms with Gasteiger partial charge in [0.2, 0.25) is 0 Å². The van der Waals surface area contributed by atoms with Crippen molar-refractivity contribution >= 4 is 19.5 Å². The molecule has 0 aromatic heterocycles. The Kier molecular flexibility index (Phi) is 6.38. The second kappa shape index (κ2) is 7.79. The Bertz CT molecular complexity index is 504. The van der Waals surface area contributed by atoms with Crippen molar-refractivity contribution in [1.82, 2.24) is 5.09 Å². The number of hydrogen-bond acceptors (Lipinski definition) is 5. The van der Waals surface area contributed by atoms with E-state index in [-0.39, 0.29) is 30.9 Å². The SMILES string of the molecule is COC(=O)CCC(=O)CNP(=O)(O)Oc1ccccc1. The quantitative estimate of drug-likeness (QED) is 0.550. The first-order valence-corrected chi connectivity index (χ1v) is 7.42. The van der Waals surface area contributed by atoms with Gasteiger partial charge in [-0.15, -0.1) is 0 Å². The summed E-state index contributed by atoms with van der Waals surface area (Å²) in [4.78, 5) is 31.8. The molecule has 0 radical (unpaired) electrons. The molecule has 0 bridgehead atoms. The first-order valence-electron chi connectivity index (χ1n) is 5.84. The number of Topliss-reactive ketones (excluding diaryl/α,β-unsaturated/α-hetero) is 1. The fourth-order valence-corrected chi connectivity index (χ4v) is 2.12. The van der Waals surface area contributed by atoms with Gasteiger partial charge in [-0.05, 0) is 12.1 Å². The van der Waals surface area contributed by atoms with Crippen LogP contribution in [-0.2, 0) is 18.9 Å². The predicted molar refractivity (Wildman–Crippen MR) is 71.2 cm³/mol. The Morgan fingerprint density at radius 3 is 2.50 bits per heavy atom. The van der Waals surface area contributed by atoms with Crippen molar-refractivity contribution < 1.29 is 28.3 Å². The minimum atomic E-state index is -4.11. The van der Waals surface area contributed by atoms with E-state index in [9.17, 15) is 19.0 Å². The number of carbonyl (C=O) groups excluding carboxylic acids is 2. The number of ketones is 1. The third-order valence-electron chi connectivity index (χ3n) is 2.28. The van der Waals surface area contributed by atoms with Crippen molar-refractivity contribution in [1.29, 1.82) is 0 Å². The largest absolute Gasteiger partial charge is 0.469 e. The predicted octanol–water partition coefficient (Wildman–Crippen LogP) is 1.28. The minimum absolute atomic E-state index is 0.0632. The molecule has 0 saturated heterocycles. The van der Waals surface area contributed by atoms with Crippen LogP contribution in [0.15, 0.2) is 30.3 Å². The molecule has 0 fully saturated rings. The van der Waals surface area contributed by atoms with Crippen LogP contribution in [-0.4, -0.2) is 30.3 Å². The van der Waals surface area contributed by atoms with Crippen molar-refractivity contribution in [2.24, 2.45) is 0 Å². The van der Waals surface area contributed by atoms with Gasteiger partial charge in [0, 0.05) is 6.42 Å². The molecule has 0 aliphatic carbocycles. The summed E-state index contributed by atoms with van der Waals surface area (Å²) in [6.07, 6.45) is -0.128. The second-order valence-corrected chi connectivity index (χ2v) is 5.41. The minimum Gasteiger partial charge on any atom is -0.469 e. The van der Waals surface area contributed by atoms with E-state index in [4.69, 9.17) is 4.52 Å². The normalized spacial score (nSPS) is 13.3. The van der Waals surface area contributed by atoms with E-state index in [1.165, 1.54) is 19.2 Å². The smallest absolute Gasteiger partial charge is 0.456 e. The van der Waals surface area contributed by atoms with Crippen LogP contribution in [0.2, 0.25) is 0 Å². The molecule has 0 heterocycles. The van der Waals surface area contributed by atoms with E-state index in [1.807, 2.05) is 0 Å². The lowest BCUT2D eigenvalue weighted by atomic mass is 10.2. The Morgan fingerprint density at radius 1 is 1.25 bits per heavy atom. The summed E-state index contributed by atoms with van der Waals surface area (Å²) in [5.41, 5.74) is 0. The average Bonchev–Trinajstić information content (AvgIpc) is 2.43. The molecule has 2 N–H and O–H groups in total. The van der Waals surface area contributed by atoms with E-state index < -0.39 is 13.7 Å². The van der Waals surface area contributed by atoms with Crippen LogP contribution in [0.4, 0.5) is 0 Å². The van der Waals surface area contributed by atoms with E-state index >= 15 is 0 Å². The number of ether oxygens (including phenoxy) is 1. The average molecular weight is 301 g/mol. The monoisotopic (exact) mass is 301 g/mol. The van der Waals surface area contributed by atoms with Gasteiger partial charge in [-0.2, -0.15) is 0 Å². The van der Waals surface area contributed by atoms with Gasteiger partial charge in [-0.3, -0.25) is 9.59 Å². The van der Waals surface area contributed by atoms with Gasteiger partial charge in [0.15, 0.2) is 0 Å². The van der Waals surface area contributed by atoms with Crippen molar-refractivity contribution in [3.8, 4) is 5.75 Å². The molecule has 7 nitrogen and oxygen atoms in total. The highest BCUT2D eigenvalue weighted by Crippen LogP contribution is 2.37. The van der Waals surface area contributed by atoms with Crippen LogP contribution in [0, 0.1) is 0 Å². The standard InChI is InChI=1S/C12H16NO6P/c1-18-12(15)8-7-10(14)9-13-20(16,17)19-11-5-3-2-4-6-11/h2-6H,7-9H2,1H3,(H2,13,16,17). The molecule has 1 atom stereocenters. The maximum Gasteiger partial charge on any atom is 0.456 e. The molecule has 0 spiro atoms. The fourth-order valence-electron chi connectivity index (χ4n) is 1.28. The maximum atomic E-state index is 11.7. The third kappa shape index (κ3) is 6.47. The Balaban J connectivity index is 2.37. The number of hydrogen-bond donors (Lipinski definition) is 2. The van der Waals surface area contributed by atoms with Crippen LogP contribution in [0.25, 0.3) is 0 Å². The fraction of sp³-hybridized carbons (Fsp3) is 0.333. The summed E-state index contributed by atoms with van der Waals surface area (Å²) in [6.45, 7) is -0.363. The van der Waals surface area contributed by atoms with Crippen LogP contribution >= 0.6 is 7.75 Å². The van der Waals surface area contributed by atoms with Gasteiger partial charge in [0.1, 0.15) is 11.5 Å². The zero-order valence-electron chi connectivity index (χ0n) is 10.9. The molecular weight excluding hydrogens is 285 g/mol. The number of carbonyl (C=O) groups is 2. The molecule has 0 aliphatic rings. The highest BCUT2D eigenvalue weighted by molar-refractivity contribution is 7.51. The van der Waals surface area contributed by atoms with E-state index in [1.54, 1.807) is 18.2 Å². The lowest BCUT2D eigenvalue weighted by Gasteiger charge is -2.13. The summed E-state index contributed by atoms with van der Waals surface area (Å²) in [6, 6.07) is 8.07. The van der Waals surface area contributed by atoms with Crippen LogP contribution in [0.1, 0.15) is 12.8 Å². The molecular formula is C12H16NO6P. The molecule has 20 heavy (non-hydrogen) atoms. The van der Waals surface area contributed by atoms with Gasteiger partial charge in [0.25, 0.3) is 0 Å². The molecule has 1 aromatic rings. The summed E-state index contributed by atoms with van der Waals surface area (Å²) in [5, 5.41) is 2.14. The third-order valence-corrected chi connectivity index (χ3v) is 3.30. The Morgan fingerprint density at radius 2 is 1.90 bits per heavy atom. The Labute approximate surface area is 116 Å². The number of esters is 1. The van der Waals surface area contributed by atoms with Crippen LogP contribution in [0.3, 0.4) is 0 Å². The number of nitrogens with one attached hydrogen (secondary N) is 1. The number of rotatable bonds is 8. The first-order chi connectivity index (χ1) is 9.43. The topological polar surface area (TPSA) is 102 Å². The molecule has 0 aliphatic heterocycles. The van der Waals surface area contributed by atoms with Gasteiger partial charge in [-0.1, -0.05) is 18.2 Å². The molecule has 8 heteroatoms. The summed E-state index contributed by atoms with van der Waals surface area (Å²) >= 11 is 0. The van der Waals surface area contributed by atoms with Crippen LogP contribution in [0.5, 0.6) is 5.75 Å². The molecule has 110 valence electrons. The van der Waals surface area contributed by atoms with Crippen molar-refractivity contribution in [2.45, 2.75) is 12.8 Å². The highest BCUT2D eigenvalue weighted by atomic mass is 31.2. The maximum absolute atomic E-state index is 11.7. The summed E-state index contributed by atoms with van der Waals surface area (Å²) in [5.74, 6) is -0.680. The number of para-hydroxylation sites is 1. The molecule has 1 unspecified atom stereocenters. The van der Waals surface area contributed by atoms with E-state index in [0.29, 0.717) is 0 Å². The van der Waals surface area contributed by atoms with Gasteiger partial charge >= 0.3 is 13.7 Å². The van der Waals surface area contributed by atoms with Gasteiger partial charge < -0.3 is 14.2 Å². The number of methoxy groups -OCH3 is 1. The second-order valence-electron chi connectivity index (χ2n) is 3.87. The van der Waals surface area contributed by atoms with E-state index in [2.05, 4.69) is 9.82 Å². The molecule has 0 amide bonds. The van der Waals surface area contributed by atoms with Gasteiger partial charge in [-0.25, -0.2) is 9.65 Å². The first kappa shape index (κ1) is 16.4. The Hall–Kier alpha value is -1.69. The summed E-state index contributed by atoms with van der Waals surface area (Å²) in [7, 11) is -2.89. The van der Waals surface area contributed by atoms with Crippen molar-refractivity contribution in [3.05, 3.63) is 30.3 Å².